The van der Waals surface area contributed by atoms with Gasteiger partial charge in [0.25, 0.3) is 5.91 Å². The number of hydrogen-bond donors (Lipinski definition) is 1. The third-order valence-electron chi connectivity index (χ3n) is 3.72. The highest BCUT2D eigenvalue weighted by Crippen LogP contribution is 2.24. The van der Waals surface area contributed by atoms with Gasteiger partial charge in [0.1, 0.15) is 0 Å². The average Bonchev–Trinajstić information content (AvgIpc) is 2.52. The number of amides is 1. The summed E-state index contributed by atoms with van der Waals surface area (Å²) in [4.78, 5) is 23.5. The second-order valence-corrected chi connectivity index (χ2v) is 5.72. The van der Waals surface area contributed by atoms with Crippen LogP contribution in [-0.4, -0.2) is 18.5 Å². The van der Waals surface area contributed by atoms with Gasteiger partial charge in [-0.1, -0.05) is 49.1 Å². The quantitative estimate of drug-likeness (QED) is 0.850. The van der Waals surface area contributed by atoms with Gasteiger partial charge in [0.05, 0.1) is 5.92 Å². The lowest BCUT2D eigenvalue weighted by molar-refractivity contribution is -0.153. The molecule has 0 aliphatic heterocycles. The van der Waals surface area contributed by atoms with Crippen LogP contribution in [0, 0.1) is 5.92 Å². The third-order valence-corrected chi connectivity index (χ3v) is 4.09. The fourth-order valence-electron chi connectivity index (χ4n) is 2.48. The summed E-state index contributed by atoms with van der Waals surface area (Å²) in [6.07, 6.45) is 5.07. The minimum atomic E-state index is -0.306. The highest BCUT2D eigenvalue weighted by Gasteiger charge is 2.22. The number of hydrogen-bond acceptors (Lipinski definition) is 3. The molecule has 0 bridgehead atoms. The van der Waals surface area contributed by atoms with Gasteiger partial charge < -0.3 is 10.1 Å². The van der Waals surface area contributed by atoms with Crippen molar-refractivity contribution in [2.75, 3.05) is 6.61 Å². The van der Waals surface area contributed by atoms with Crippen molar-refractivity contribution < 1.29 is 14.3 Å². The fourth-order valence-corrected chi connectivity index (χ4v) is 2.68. The van der Waals surface area contributed by atoms with Crippen LogP contribution in [0.3, 0.4) is 0 Å². The molecule has 1 aromatic carbocycles. The van der Waals surface area contributed by atoms with Gasteiger partial charge in [0, 0.05) is 11.6 Å². The van der Waals surface area contributed by atoms with Gasteiger partial charge in [-0.15, -0.1) is 0 Å². The molecule has 0 heterocycles. The molecule has 1 amide bonds. The van der Waals surface area contributed by atoms with Crippen LogP contribution in [0.2, 0.25) is 5.02 Å². The number of nitrogens with one attached hydrogen (secondary N) is 1. The van der Waals surface area contributed by atoms with Gasteiger partial charge in [0.2, 0.25) is 0 Å². The topological polar surface area (TPSA) is 55.4 Å². The summed E-state index contributed by atoms with van der Waals surface area (Å²) in [5.74, 6) is -0.586. The van der Waals surface area contributed by atoms with Crippen LogP contribution in [0.5, 0.6) is 0 Å². The van der Waals surface area contributed by atoms with Crippen molar-refractivity contribution in [2.24, 2.45) is 5.92 Å². The molecule has 0 radical (unpaired) electrons. The standard InChI is InChI=1S/C16H20ClNO3/c17-14-9-5-4-8-13(14)10-18-15(19)11-21-16(20)12-6-2-1-3-7-12/h4-5,8-9,12H,1-3,6-7,10-11H2,(H,18,19). The van der Waals surface area contributed by atoms with Crippen molar-refractivity contribution in [3.8, 4) is 0 Å². The van der Waals surface area contributed by atoms with Crippen molar-refractivity contribution >= 4 is 23.5 Å². The van der Waals surface area contributed by atoms with Gasteiger partial charge in [0.15, 0.2) is 6.61 Å². The van der Waals surface area contributed by atoms with Crippen molar-refractivity contribution in [1.29, 1.82) is 0 Å². The van der Waals surface area contributed by atoms with Crippen LogP contribution in [-0.2, 0) is 20.9 Å². The molecule has 5 heteroatoms. The Morgan fingerprint density at radius 3 is 2.62 bits per heavy atom. The van der Waals surface area contributed by atoms with Gasteiger partial charge >= 0.3 is 5.97 Å². The highest BCUT2D eigenvalue weighted by atomic mass is 35.5. The zero-order valence-corrected chi connectivity index (χ0v) is 12.7. The lowest BCUT2D eigenvalue weighted by atomic mass is 9.89. The van der Waals surface area contributed by atoms with Gasteiger partial charge in [-0.2, -0.15) is 0 Å². The summed E-state index contributed by atoms with van der Waals surface area (Å²) in [7, 11) is 0. The van der Waals surface area contributed by atoms with Crippen LogP contribution in [0.1, 0.15) is 37.7 Å². The second kappa shape index (κ2) is 8.03. The molecule has 21 heavy (non-hydrogen) atoms. The average molecular weight is 310 g/mol. The SMILES string of the molecule is O=C(COC(=O)C1CCCCC1)NCc1ccccc1Cl. The Morgan fingerprint density at radius 2 is 1.90 bits per heavy atom. The lowest BCUT2D eigenvalue weighted by Crippen LogP contribution is -2.30. The van der Waals surface area contributed by atoms with E-state index in [-0.39, 0.29) is 24.4 Å². The molecule has 114 valence electrons. The highest BCUT2D eigenvalue weighted by molar-refractivity contribution is 6.31. The Morgan fingerprint density at radius 1 is 1.19 bits per heavy atom. The largest absolute Gasteiger partial charge is 0.455 e. The number of carbonyl (C=O) groups excluding carboxylic acids is 2. The van der Waals surface area contributed by atoms with E-state index in [1.54, 1.807) is 6.07 Å². The molecule has 1 aliphatic rings. The van der Waals surface area contributed by atoms with Gasteiger partial charge in [-0.25, -0.2) is 0 Å². The molecular weight excluding hydrogens is 290 g/mol. The zero-order chi connectivity index (χ0) is 15.1. The minimum absolute atomic E-state index is 0.0323. The molecule has 1 N–H and O–H groups in total. The van der Waals surface area contributed by atoms with E-state index in [4.69, 9.17) is 16.3 Å². The number of rotatable bonds is 5. The van der Waals surface area contributed by atoms with E-state index in [2.05, 4.69) is 5.32 Å². The van der Waals surface area contributed by atoms with E-state index < -0.39 is 0 Å². The molecule has 1 saturated carbocycles. The first kappa shape index (κ1) is 15.8. The maximum Gasteiger partial charge on any atom is 0.309 e. The summed E-state index contributed by atoms with van der Waals surface area (Å²) in [6.45, 7) is 0.110. The number of benzene rings is 1. The Kier molecular flexibility index (Phi) is 6.05. The molecule has 0 atom stereocenters. The summed E-state index contributed by atoms with van der Waals surface area (Å²) >= 11 is 6.00. The van der Waals surface area contributed by atoms with E-state index in [1.165, 1.54) is 6.42 Å². The van der Waals surface area contributed by atoms with Crippen LogP contribution in [0.15, 0.2) is 24.3 Å². The minimum Gasteiger partial charge on any atom is -0.455 e. The predicted octanol–water partition coefficient (Wildman–Crippen LogP) is 3.08. The van der Waals surface area contributed by atoms with E-state index in [9.17, 15) is 9.59 Å². The Bertz CT molecular complexity index is 498. The van der Waals surface area contributed by atoms with Crippen LogP contribution in [0.4, 0.5) is 0 Å². The number of ether oxygens (including phenoxy) is 1. The summed E-state index contributed by atoms with van der Waals surface area (Å²) < 4.78 is 5.08. The van der Waals surface area contributed by atoms with E-state index in [0.717, 1.165) is 31.2 Å². The normalized spacial score (nSPS) is 15.5. The Labute approximate surface area is 129 Å². The molecule has 0 aromatic heterocycles. The molecule has 0 spiro atoms. The van der Waals surface area contributed by atoms with Gasteiger partial charge in [-0.3, -0.25) is 9.59 Å². The zero-order valence-electron chi connectivity index (χ0n) is 11.9. The smallest absolute Gasteiger partial charge is 0.309 e. The van der Waals surface area contributed by atoms with Crippen molar-refractivity contribution in [2.45, 2.75) is 38.6 Å². The van der Waals surface area contributed by atoms with Crippen LogP contribution >= 0.6 is 11.6 Å². The number of halogens is 1. The molecule has 0 unspecified atom stereocenters. The van der Waals surface area contributed by atoms with Gasteiger partial charge in [-0.05, 0) is 24.5 Å². The molecule has 0 saturated heterocycles. The van der Waals surface area contributed by atoms with Crippen molar-refractivity contribution in [3.05, 3.63) is 34.9 Å². The molecule has 2 rings (SSSR count). The Hall–Kier alpha value is -1.55. The van der Waals surface area contributed by atoms with Crippen molar-refractivity contribution in [3.63, 3.8) is 0 Å². The molecular formula is C16H20ClNO3. The van der Waals surface area contributed by atoms with E-state index in [0.29, 0.717) is 11.6 Å². The number of carbonyl (C=O) groups is 2. The predicted molar refractivity (Wildman–Crippen MR) is 80.8 cm³/mol. The first-order valence-electron chi connectivity index (χ1n) is 7.33. The second-order valence-electron chi connectivity index (χ2n) is 5.31. The monoisotopic (exact) mass is 309 g/mol. The lowest BCUT2D eigenvalue weighted by Gasteiger charge is -2.19. The summed E-state index contributed by atoms with van der Waals surface area (Å²) in [5, 5.41) is 3.31. The van der Waals surface area contributed by atoms with E-state index >= 15 is 0 Å². The van der Waals surface area contributed by atoms with Crippen LogP contribution < -0.4 is 5.32 Å². The fraction of sp³-hybridized carbons (Fsp3) is 0.500. The van der Waals surface area contributed by atoms with Crippen molar-refractivity contribution in [1.82, 2.24) is 5.32 Å². The molecule has 1 aliphatic carbocycles. The molecule has 1 aromatic rings. The van der Waals surface area contributed by atoms with E-state index in [1.807, 2.05) is 18.2 Å². The molecule has 1 fully saturated rings. The number of esters is 1. The summed E-state index contributed by atoms with van der Waals surface area (Å²) in [6, 6.07) is 7.30. The summed E-state index contributed by atoms with van der Waals surface area (Å²) in [5.41, 5.74) is 0.839. The third kappa shape index (κ3) is 5.05. The maximum atomic E-state index is 11.8. The first-order chi connectivity index (χ1) is 10.2. The Balaban J connectivity index is 1.70. The first-order valence-corrected chi connectivity index (χ1v) is 7.71. The maximum absolute atomic E-state index is 11.8. The van der Waals surface area contributed by atoms with Crippen LogP contribution in [0.25, 0.3) is 0 Å². The molecule has 4 nitrogen and oxygen atoms in total.